The van der Waals surface area contributed by atoms with Crippen LogP contribution in [0.4, 0.5) is 0 Å². The zero-order chi connectivity index (χ0) is 47.7. The molecule has 376 valence electrons. The molecule has 0 aliphatic carbocycles. The van der Waals surface area contributed by atoms with Gasteiger partial charge in [-0.3, -0.25) is 9.59 Å². The van der Waals surface area contributed by atoms with Gasteiger partial charge in [-0.2, -0.15) is 0 Å². The molecule has 5 heteroatoms. The van der Waals surface area contributed by atoms with Crippen LogP contribution in [0, 0.1) is 0 Å². The maximum Gasteiger partial charge on any atom is 0.306 e. The van der Waals surface area contributed by atoms with Crippen LogP contribution in [0.15, 0.2) is 109 Å². The Morgan fingerprint density at radius 2 is 0.697 bits per heavy atom. The fourth-order valence-electron chi connectivity index (χ4n) is 7.30. The van der Waals surface area contributed by atoms with Crippen LogP contribution in [0.3, 0.4) is 0 Å². The first kappa shape index (κ1) is 62.6. The Bertz CT molecular complexity index is 1310. The first-order valence-electron chi connectivity index (χ1n) is 27.4. The smallest absolute Gasteiger partial charge is 0.306 e. The van der Waals surface area contributed by atoms with Crippen molar-refractivity contribution in [2.75, 3.05) is 19.8 Å². The van der Waals surface area contributed by atoms with Crippen molar-refractivity contribution in [2.24, 2.45) is 0 Å². The highest BCUT2D eigenvalue weighted by Crippen LogP contribution is 2.15. The summed E-state index contributed by atoms with van der Waals surface area (Å²) in [6.45, 7) is 7.53. The first-order chi connectivity index (χ1) is 32.6. The fourth-order valence-corrected chi connectivity index (χ4v) is 7.30. The quantitative estimate of drug-likeness (QED) is 0.0346. The molecule has 0 fully saturated rings. The van der Waals surface area contributed by atoms with Gasteiger partial charge in [0.2, 0.25) is 0 Å². The van der Waals surface area contributed by atoms with Gasteiger partial charge in [0.15, 0.2) is 6.10 Å². The highest BCUT2D eigenvalue weighted by molar-refractivity contribution is 5.70. The fraction of sp³-hybridized carbons (Fsp3) is 0.672. The summed E-state index contributed by atoms with van der Waals surface area (Å²) in [6, 6.07) is 0. The second-order valence-electron chi connectivity index (χ2n) is 17.7. The minimum absolute atomic E-state index is 0.0417. The Hall–Kier alpha value is -3.44. The molecule has 1 unspecified atom stereocenters. The molecule has 5 nitrogen and oxygen atoms in total. The van der Waals surface area contributed by atoms with Gasteiger partial charge in [0, 0.05) is 19.4 Å². The minimum Gasteiger partial charge on any atom is -0.462 e. The zero-order valence-electron chi connectivity index (χ0n) is 43.2. The average molecular weight is 915 g/mol. The third kappa shape index (κ3) is 53.2. The van der Waals surface area contributed by atoms with Crippen LogP contribution in [0.2, 0.25) is 0 Å². The van der Waals surface area contributed by atoms with E-state index in [4.69, 9.17) is 14.2 Å². The lowest BCUT2D eigenvalue weighted by atomic mass is 10.0. The summed E-state index contributed by atoms with van der Waals surface area (Å²) in [4.78, 5) is 25.5. The average Bonchev–Trinajstić information content (AvgIpc) is 3.32. The number of hydrogen-bond donors (Lipinski definition) is 0. The predicted octanol–water partition coefficient (Wildman–Crippen LogP) is 18.8. The molecule has 0 aromatic rings. The molecule has 0 amide bonds. The van der Waals surface area contributed by atoms with Gasteiger partial charge in [-0.25, -0.2) is 0 Å². The third-order valence-electron chi connectivity index (χ3n) is 11.3. The van der Waals surface area contributed by atoms with Crippen LogP contribution in [0.5, 0.6) is 0 Å². The van der Waals surface area contributed by atoms with Crippen molar-refractivity contribution in [3.63, 3.8) is 0 Å². The maximum absolute atomic E-state index is 12.8. The van der Waals surface area contributed by atoms with E-state index in [1.165, 1.54) is 89.9 Å². The van der Waals surface area contributed by atoms with Crippen LogP contribution in [-0.2, 0) is 23.8 Å². The van der Waals surface area contributed by atoms with Gasteiger partial charge in [-0.05, 0) is 96.3 Å². The van der Waals surface area contributed by atoms with E-state index in [-0.39, 0.29) is 25.2 Å². The van der Waals surface area contributed by atoms with E-state index in [0.717, 1.165) is 116 Å². The molecule has 0 spiro atoms. The first-order valence-corrected chi connectivity index (χ1v) is 27.4. The number of rotatable bonds is 49. The second kappa shape index (κ2) is 55.9. The van der Waals surface area contributed by atoms with Crippen LogP contribution in [0.25, 0.3) is 0 Å². The molecule has 0 bridgehead atoms. The third-order valence-corrected chi connectivity index (χ3v) is 11.3. The highest BCUT2D eigenvalue weighted by atomic mass is 16.6. The molecule has 0 aliphatic heterocycles. The standard InChI is InChI=1S/C61H102O5/c1-4-7-10-13-16-19-22-25-28-31-33-36-39-42-45-48-51-54-60(62)65-58-59(57-64-56-53-50-47-44-41-38-35-30-27-24-21-18-15-12-9-6-3)66-61(63)55-52-49-46-43-40-37-34-32-29-26-23-20-17-14-11-8-5-2/h7-8,10-11,16-17,19-20,25-26,28-29,33-34,36-37,42,45,59H,4-6,9,12-15,18,21-24,27,30-32,35,38-41,43-44,46-58H2,1-3H3/b10-7-,11-8-,19-16-,20-17-,28-25-,29-26-,36-33-,37-34-,45-42-. The molecular weight excluding hydrogens is 813 g/mol. The second-order valence-corrected chi connectivity index (χ2v) is 17.7. The normalized spacial score (nSPS) is 13.1. The summed E-state index contributed by atoms with van der Waals surface area (Å²) in [5.74, 6) is -0.492. The summed E-state index contributed by atoms with van der Waals surface area (Å²) in [6.07, 6.45) is 76.8. The molecule has 0 saturated heterocycles. The molecular formula is C61H102O5. The van der Waals surface area contributed by atoms with Crippen molar-refractivity contribution in [3.05, 3.63) is 109 Å². The van der Waals surface area contributed by atoms with E-state index in [9.17, 15) is 9.59 Å². The number of unbranched alkanes of at least 4 members (excludes halogenated alkanes) is 20. The van der Waals surface area contributed by atoms with Crippen molar-refractivity contribution >= 4 is 11.9 Å². The summed E-state index contributed by atoms with van der Waals surface area (Å²) in [7, 11) is 0. The van der Waals surface area contributed by atoms with E-state index < -0.39 is 6.10 Å². The summed E-state index contributed by atoms with van der Waals surface area (Å²) < 4.78 is 17.4. The van der Waals surface area contributed by atoms with Crippen LogP contribution < -0.4 is 0 Å². The Balaban J connectivity index is 4.42. The van der Waals surface area contributed by atoms with Crippen molar-refractivity contribution in [2.45, 2.75) is 245 Å². The van der Waals surface area contributed by atoms with Crippen molar-refractivity contribution in [1.82, 2.24) is 0 Å². The Labute approximate surface area is 408 Å². The van der Waals surface area contributed by atoms with Gasteiger partial charge in [0.1, 0.15) is 6.61 Å². The van der Waals surface area contributed by atoms with Crippen LogP contribution >= 0.6 is 0 Å². The monoisotopic (exact) mass is 915 g/mol. The van der Waals surface area contributed by atoms with E-state index in [1.54, 1.807) is 0 Å². The van der Waals surface area contributed by atoms with Gasteiger partial charge in [0.05, 0.1) is 6.61 Å². The van der Waals surface area contributed by atoms with Gasteiger partial charge in [0.25, 0.3) is 0 Å². The number of esters is 2. The molecule has 0 saturated carbocycles. The number of allylic oxidation sites excluding steroid dienone is 18. The SMILES string of the molecule is CC/C=C\C/C=C\C/C=C\C/C=C\C/C=C\CCCC(=O)OCC(COCCCCCCCCCCCCCCCCCC)OC(=O)CCCCCC/C=C\C/C=C\C/C=C\C/C=C\CC. The number of carbonyl (C=O) groups excluding carboxylic acids is 2. The van der Waals surface area contributed by atoms with Crippen molar-refractivity contribution in [1.29, 1.82) is 0 Å². The van der Waals surface area contributed by atoms with Gasteiger partial charge in [-0.15, -0.1) is 0 Å². The van der Waals surface area contributed by atoms with Gasteiger partial charge >= 0.3 is 11.9 Å². The molecule has 0 aromatic carbocycles. The van der Waals surface area contributed by atoms with Crippen molar-refractivity contribution < 1.29 is 23.8 Å². The van der Waals surface area contributed by atoms with Crippen LogP contribution in [-0.4, -0.2) is 37.9 Å². The topological polar surface area (TPSA) is 61.8 Å². The lowest BCUT2D eigenvalue weighted by Crippen LogP contribution is -2.30. The zero-order valence-corrected chi connectivity index (χ0v) is 43.2. The predicted molar refractivity (Wildman–Crippen MR) is 288 cm³/mol. The Morgan fingerprint density at radius 1 is 0.348 bits per heavy atom. The molecule has 0 radical (unpaired) electrons. The highest BCUT2D eigenvalue weighted by Gasteiger charge is 2.17. The van der Waals surface area contributed by atoms with E-state index in [0.29, 0.717) is 19.4 Å². The lowest BCUT2D eigenvalue weighted by Gasteiger charge is -2.18. The minimum atomic E-state index is -0.577. The van der Waals surface area contributed by atoms with Crippen molar-refractivity contribution in [3.8, 4) is 0 Å². The molecule has 1 atom stereocenters. The Kier molecular flexibility index (Phi) is 53.0. The number of ether oxygens (including phenoxy) is 3. The van der Waals surface area contributed by atoms with Gasteiger partial charge < -0.3 is 14.2 Å². The van der Waals surface area contributed by atoms with Crippen LogP contribution in [0.1, 0.15) is 239 Å². The molecule has 0 aliphatic rings. The van der Waals surface area contributed by atoms with Gasteiger partial charge in [-0.1, -0.05) is 239 Å². The lowest BCUT2D eigenvalue weighted by molar-refractivity contribution is -0.163. The number of hydrogen-bond acceptors (Lipinski definition) is 5. The van der Waals surface area contributed by atoms with E-state index >= 15 is 0 Å². The molecule has 0 aromatic heterocycles. The Morgan fingerprint density at radius 3 is 1.14 bits per heavy atom. The molecule has 66 heavy (non-hydrogen) atoms. The maximum atomic E-state index is 12.8. The summed E-state index contributed by atoms with van der Waals surface area (Å²) in [5, 5.41) is 0. The molecule has 0 N–H and O–H groups in total. The van der Waals surface area contributed by atoms with E-state index in [2.05, 4.69) is 130 Å². The molecule has 0 rings (SSSR count). The summed E-state index contributed by atoms with van der Waals surface area (Å²) >= 11 is 0. The van der Waals surface area contributed by atoms with E-state index in [1.807, 2.05) is 0 Å². The summed E-state index contributed by atoms with van der Waals surface area (Å²) in [5.41, 5.74) is 0. The number of carbonyl (C=O) groups is 2. The molecule has 0 heterocycles. The largest absolute Gasteiger partial charge is 0.462 e.